The number of hydrogen-bond donors (Lipinski definition) is 0. The van der Waals surface area contributed by atoms with Crippen molar-refractivity contribution in [2.45, 2.75) is 6.92 Å². The molecule has 3 aromatic rings. The highest BCUT2D eigenvalue weighted by Gasteiger charge is 2.24. The lowest BCUT2D eigenvalue weighted by molar-refractivity contribution is -0.806. The predicted molar refractivity (Wildman–Crippen MR) is 78.6 cm³/mol. The van der Waals surface area contributed by atoms with Crippen LogP contribution in [-0.2, 0) is 0 Å². The molecule has 0 amide bonds. The second kappa shape index (κ2) is 6.07. The normalized spacial score (nSPS) is 10.7. The number of ether oxygens (including phenoxy) is 3. The van der Waals surface area contributed by atoms with E-state index in [-0.39, 0.29) is 28.1 Å². The summed E-state index contributed by atoms with van der Waals surface area (Å²) in [6, 6.07) is 3.34. The van der Waals surface area contributed by atoms with Gasteiger partial charge in [0.2, 0.25) is 17.3 Å². The van der Waals surface area contributed by atoms with Gasteiger partial charge in [0.1, 0.15) is 0 Å². The van der Waals surface area contributed by atoms with Gasteiger partial charge < -0.3 is 23.8 Å². The molecular formula is C14H14N4O6. The molecule has 0 aliphatic carbocycles. The minimum Gasteiger partial charge on any atom is -0.493 e. The van der Waals surface area contributed by atoms with E-state index in [1.54, 1.807) is 12.1 Å². The summed E-state index contributed by atoms with van der Waals surface area (Å²) >= 11 is 0. The molecule has 10 nitrogen and oxygen atoms in total. The zero-order valence-corrected chi connectivity index (χ0v) is 13.4. The fourth-order valence-electron chi connectivity index (χ4n) is 2.13. The Morgan fingerprint density at radius 3 is 2.12 bits per heavy atom. The number of rotatable bonds is 5. The molecule has 0 spiro atoms. The van der Waals surface area contributed by atoms with Gasteiger partial charge in [-0.15, -0.1) is 10.2 Å². The molecular weight excluding hydrogens is 320 g/mol. The Hall–Kier alpha value is -3.30. The first-order valence-electron chi connectivity index (χ1n) is 6.79. The van der Waals surface area contributed by atoms with Crippen molar-refractivity contribution < 1.29 is 28.2 Å². The van der Waals surface area contributed by atoms with E-state index in [0.717, 1.165) is 0 Å². The standard InChI is InChI=1S/C14H14N4O6/c1-7-11(17-24-18(7)19)14-16-15-13(23-14)8-5-9(20-2)12(22-4)10(6-8)21-3/h5-6H,1-4H3. The van der Waals surface area contributed by atoms with Gasteiger partial charge in [0.05, 0.1) is 26.5 Å². The van der Waals surface area contributed by atoms with Crippen LogP contribution < -0.4 is 19.1 Å². The molecule has 1 aromatic carbocycles. The van der Waals surface area contributed by atoms with E-state index >= 15 is 0 Å². The molecule has 0 radical (unpaired) electrons. The Labute approximate surface area is 136 Å². The Morgan fingerprint density at radius 2 is 1.62 bits per heavy atom. The average molecular weight is 334 g/mol. The molecule has 0 saturated heterocycles. The highest BCUT2D eigenvalue weighted by molar-refractivity contribution is 5.66. The van der Waals surface area contributed by atoms with Gasteiger partial charge in [-0.25, -0.2) is 0 Å². The van der Waals surface area contributed by atoms with Gasteiger partial charge in [-0.2, -0.15) is 0 Å². The predicted octanol–water partition coefficient (Wildman–Crippen LogP) is 1.36. The molecule has 24 heavy (non-hydrogen) atoms. The lowest BCUT2D eigenvalue weighted by Crippen LogP contribution is -2.25. The first kappa shape index (κ1) is 15.6. The van der Waals surface area contributed by atoms with Gasteiger partial charge >= 0.3 is 5.69 Å². The molecule has 0 saturated carbocycles. The molecule has 0 fully saturated rings. The average Bonchev–Trinajstić information content (AvgIpc) is 3.21. The summed E-state index contributed by atoms with van der Waals surface area (Å²) in [5.74, 6) is 1.60. The van der Waals surface area contributed by atoms with Gasteiger partial charge in [0.15, 0.2) is 11.5 Å². The number of hydrogen-bond acceptors (Lipinski definition) is 9. The van der Waals surface area contributed by atoms with Gasteiger partial charge in [0, 0.05) is 12.5 Å². The van der Waals surface area contributed by atoms with Crippen LogP contribution in [-0.4, -0.2) is 36.7 Å². The van der Waals surface area contributed by atoms with Crippen LogP contribution in [0.15, 0.2) is 21.2 Å². The topological polar surface area (TPSA) is 120 Å². The van der Waals surface area contributed by atoms with Crippen LogP contribution in [0.2, 0.25) is 0 Å². The van der Waals surface area contributed by atoms with E-state index in [9.17, 15) is 5.21 Å². The number of nitrogens with zero attached hydrogens (tertiary/aromatic N) is 4. The summed E-state index contributed by atoms with van der Waals surface area (Å²) in [6.45, 7) is 1.53. The molecule has 2 aromatic heterocycles. The molecule has 0 unspecified atom stereocenters. The van der Waals surface area contributed by atoms with E-state index < -0.39 is 0 Å². The summed E-state index contributed by atoms with van der Waals surface area (Å²) < 4.78 is 25.9. The molecule has 0 N–H and O–H groups in total. The summed E-state index contributed by atoms with van der Waals surface area (Å²) in [6.07, 6.45) is 0. The second-order valence-corrected chi connectivity index (χ2v) is 4.69. The molecule has 3 rings (SSSR count). The van der Waals surface area contributed by atoms with E-state index in [0.29, 0.717) is 22.8 Å². The monoisotopic (exact) mass is 334 g/mol. The Bertz CT molecular complexity index is 847. The maximum absolute atomic E-state index is 11.3. The van der Waals surface area contributed by atoms with Crippen LogP contribution in [0.4, 0.5) is 0 Å². The van der Waals surface area contributed by atoms with Crippen molar-refractivity contribution in [3.8, 4) is 40.3 Å². The van der Waals surface area contributed by atoms with Crippen LogP contribution in [0.25, 0.3) is 23.0 Å². The van der Waals surface area contributed by atoms with Crippen molar-refractivity contribution in [1.82, 2.24) is 15.4 Å². The SMILES string of the molecule is COc1cc(-c2nnc(-c3no[n+]([O-])c3C)o2)cc(OC)c1OC. The van der Waals surface area contributed by atoms with E-state index in [2.05, 4.69) is 20.0 Å². The molecule has 0 aliphatic heterocycles. The Kier molecular flexibility index (Phi) is 3.94. The highest BCUT2D eigenvalue weighted by atomic mass is 16.8. The number of aromatic nitrogens is 4. The quantitative estimate of drug-likeness (QED) is 0.637. The first-order valence-corrected chi connectivity index (χ1v) is 6.79. The van der Waals surface area contributed by atoms with E-state index in [1.807, 2.05) is 0 Å². The third kappa shape index (κ3) is 2.47. The maximum atomic E-state index is 11.3. The first-order chi connectivity index (χ1) is 11.6. The van der Waals surface area contributed by atoms with Crippen LogP contribution in [0, 0.1) is 12.1 Å². The maximum Gasteiger partial charge on any atom is 0.307 e. The highest BCUT2D eigenvalue weighted by Crippen LogP contribution is 2.41. The second-order valence-electron chi connectivity index (χ2n) is 4.69. The molecule has 0 atom stereocenters. The minimum atomic E-state index is 0.0644. The van der Waals surface area contributed by atoms with E-state index in [1.165, 1.54) is 28.3 Å². The summed E-state index contributed by atoms with van der Waals surface area (Å²) in [5.41, 5.74) is 0.950. The van der Waals surface area contributed by atoms with Crippen molar-refractivity contribution >= 4 is 0 Å². The molecule has 10 heteroatoms. The third-order valence-electron chi connectivity index (χ3n) is 3.36. The molecule has 126 valence electrons. The van der Waals surface area contributed by atoms with Crippen LogP contribution >= 0.6 is 0 Å². The van der Waals surface area contributed by atoms with Gasteiger partial charge in [0.25, 0.3) is 5.89 Å². The van der Waals surface area contributed by atoms with Crippen molar-refractivity contribution in [1.29, 1.82) is 0 Å². The minimum absolute atomic E-state index is 0.0644. The summed E-state index contributed by atoms with van der Waals surface area (Å²) in [4.78, 5) is 0.263. The molecule has 2 heterocycles. The fraction of sp³-hybridized carbons (Fsp3) is 0.286. The number of benzene rings is 1. The van der Waals surface area contributed by atoms with Crippen LogP contribution in [0.5, 0.6) is 17.2 Å². The van der Waals surface area contributed by atoms with Crippen LogP contribution in [0.3, 0.4) is 0 Å². The van der Waals surface area contributed by atoms with Gasteiger partial charge in [-0.1, -0.05) is 0 Å². The van der Waals surface area contributed by atoms with Crippen molar-refractivity contribution in [3.05, 3.63) is 23.0 Å². The zero-order valence-electron chi connectivity index (χ0n) is 13.4. The van der Waals surface area contributed by atoms with Crippen LogP contribution in [0.1, 0.15) is 5.69 Å². The lowest BCUT2D eigenvalue weighted by atomic mass is 10.2. The Balaban J connectivity index is 2.05. The number of methoxy groups -OCH3 is 3. The third-order valence-corrected chi connectivity index (χ3v) is 3.36. The van der Waals surface area contributed by atoms with Crippen molar-refractivity contribution in [3.63, 3.8) is 0 Å². The van der Waals surface area contributed by atoms with Crippen molar-refractivity contribution in [2.24, 2.45) is 0 Å². The van der Waals surface area contributed by atoms with E-state index in [4.69, 9.17) is 18.6 Å². The lowest BCUT2D eigenvalue weighted by Gasteiger charge is -2.12. The van der Waals surface area contributed by atoms with Gasteiger partial charge in [-0.05, 0) is 17.0 Å². The largest absolute Gasteiger partial charge is 0.493 e. The molecule has 0 aliphatic rings. The fourth-order valence-corrected chi connectivity index (χ4v) is 2.13. The Morgan fingerprint density at radius 1 is 1.00 bits per heavy atom. The van der Waals surface area contributed by atoms with Gasteiger partial charge in [-0.3, -0.25) is 4.63 Å². The molecule has 0 bridgehead atoms. The van der Waals surface area contributed by atoms with Crippen molar-refractivity contribution in [2.75, 3.05) is 21.3 Å². The summed E-state index contributed by atoms with van der Waals surface area (Å²) in [7, 11) is 4.52. The summed E-state index contributed by atoms with van der Waals surface area (Å²) in [5, 5.41) is 22.7. The zero-order chi connectivity index (χ0) is 17.3. The smallest absolute Gasteiger partial charge is 0.307 e.